The molecule has 2 aromatic carbocycles. The molecule has 3 nitrogen and oxygen atoms in total. The summed E-state index contributed by atoms with van der Waals surface area (Å²) in [6.45, 7) is 0.124. The molecule has 0 bridgehead atoms. The minimum atomic E-state index is -0.628. The topological polar surface area (TPSA) is 59.6 Å². The van der Waals surface area contributed by atoms with Gasteiger partial charge in [0, 0.05) is 6.54 Å². The Kier molecular flexibility index (Phi) is 3.93. The molecule has 0 radical (unpaired) electrons. The van der Waals surface area contributed by atoms with Gasteiger partial charge in [-0.3, -0.25) is 0 Å². The molecule has 20 heavy (non-hydrogen) atoms. The average molecular weight is 269 g/mol. The van der Waals surface area contributed by atoms with Crippen molar-refractivity contribution >= 4 is 5.69 Å². The second-order valence-corrected chi connectivity index (χ2v) is 4.04. The molecule has 0 saturated carbocycles. The summed E-state index contributed by atoms with van der Waals surface area (Å²) in [6, 6.07) is 11.7. The molecule has 0 aliphatic carbocycles. The van der Waals surface area contributed by atoms with Crippen LogP contribution < -0.4 is 5.32 Å². The Morgan fingerprint density at radius 3 is 2.55 bits per heavy atom. The van der Waals surface area contributed by atoms with Crippen molar-refractivity contribution in [2.24, 2.45) is 0 Å². The summed E-state index contributed by atoms with van der Waals surface area (Å²) >= 11 is 0. The van der Waals surface area contributed by atoms with E-state index in [-0.39, 0.29) is 12.1 Å². The van der Waals surface area contributed by atoms with Crippen LogP contribution in [0.4, 0.5) is 14.5 Å². The number of anilines is 1. The van der Waals surface area contributed by atoms with Crippen LogP contribution in [0.15, 0.2) is 36.4 Å². The molecule has 0 fully saturated rings. The highest BCUT2D eigenvalue weighted by atomic mass is 19.1. The first-order chi connectivity index (χ1) is 9.65. The fraction of sp³-hybridized carbons (Fsp3) is 0.0667. The quantitative estimate of drug-likeness (QED) is 0.929. The maximum atomic E-state index is 13.4. The van der Waals surface area contributed by atoms with Crippen LogP contribution in [0.1, 0.15) is 16.7 Å². The van der Waals surface area contributed by atoms with Crippen LogP contribution in [0.25, 0.3) is 0 Å². The zero-order valence-corrected chi connectivity index (χ0v) is 10.3. The zero-order valence-electron chi connectivity index (χ0n) is 10.3. The van der Waals surface area contributed by atoms with Gasteiger partial charge >= 0.3 is 0 Å². The number of benzene rings is 2. The third-order valence-corrected chi connectivity index (χ3v) is 2.78. The number of nitrogens with zero attached hydrogens (tertiary/aromatic N) is 2. The summed E-state index contributed by atoms with van der Waals surface area (Å²) in [5, 5.41) is 20.7. The lowest BCUT2D eigenvalue weighted by atomic mass is 10.1. The van der Waals surface area contributed by atoms with Crippen LogP contribution in [0, 0.1) is 34.3 Å². The van der Waals surface area contributed by atoms with Crippen molar-refractivity contribution in [1.82, 2.24) is 0 Å². The molecule has 98 valence electrons. The van der Waals surface area contributed by atoms with E-state index in [9.17, 15) is 8.78 Å². The Morgan fingerprint density at radius 2 is 1.85 bits per heavy atom. The number of halogens is 2. The van der Waals surface area contributed by atoms with Gasteiger partial charge in [0.15, 0.2) is 0 Å². The van der Waals surface area contributed by atoms with Crippen molar-refractivity contribution in [3.05, 3.63) is 64.7 Å². The molecule has 0 spiro atoms. The molecule has 0 aliphatic rings. The SMILES string of the molecule is N#Cc1ccc(F)cc1CNc1cccc(F)c1C#N. The highest BCUT2D eigenvalue weighted by Gasteiger charge is 2.09. The maximum absolute atomic E-state index is 13.4. The molecule has 0 unspecified atom stereocenters. The summed E-state index contributed by atoms with van der Waals surface area (Å²) in [7, 11) is 0. The van der Waals surface area contributed by atoms with Crippen LogP contribution in [-0.4, -0.2) is 0 Å². The molecule has 0 saturated heterocycles. The van der Waals surface area contributed by atoms with E-state index in [0.717, 1.165) is 0 Å². The van der Waals surface area contributed by atoms with Gasteiger partial charge in [-0.05, 0) is 35.9 Å². The van der Waals surface area contributed by atoms with Crippen LogP contribution in [-0.2, 0) is 6.54 Å². The fourth-order valence-electron chi connectivity index (χ4n) is 1.79. The van der Waals surface area contributed by atoms with Crippen molar-refractivity contribution in [2.75, 3.05) is 5.32 Å². The molecular weight excluding hydrogens is 260 g/mol. The lowest BCUT2D eigenvalue weighted by Gasteiger charge is -2.10. The van der Waals surface area contributed by atoms with E-state index in [0.29, 0.717) is 16.8 Å². The molecule has 5 heteroatoms. The molecule has 0 heterocycles. The number of rotatable bonds is 3. The molecule has 0 atom stereocenters. The fourth-order valence-corrected chi connectivity index (χ4v) is 1.79. The molecule has 0 aliphatic heterocycles. The Hall–Kier alpha value is -2.92. The van der Waals surface area contributed by atoms with E-state index in [1.807, 2.05) is 6.07 Å². The van der Waals surface area contributed by atoms with Crippen molar-refractivity contribution < 1.29 is 8.78 Å². The third kappa shape index (κ3) is 2.73. The van der Waals surface area contributed by atoms with Crippen LogP contribution >= 0.6 is 0 Å². The molecular formula is C15H9F2N3. The molecule has 0 aromatic heterocycles. The van der Waals surface area contributed by atoms with Crippen molar-refractivity contribution in [1.29, 1.82) is 10.5 Å². The van der Waals surface area contributed by atoms with Gasteiger partial charge in [0.2, 0.25) is 0 Å². The van der Waals surface area contributed by atoms with Crippen molar-refractivity contribution in [3.63, 3.8) is 0 Å². The van der Waals surface area contributed by atoms with Gasteiger partial charge in [0.05, 0.1) is 17.3 Å². The van der Waals surface area contributed by atoms with Crippen LogP contribution in [0.3, 0.4) is 0 Å². The van der Waals surface area contributed by atoms with E-state index < -0.39 is 11.6 Å². The summed E-state index contributed by atoms with van der Waals surface area (Å²) < 4.78 is 26.6. The molecule has 1 N–H and O–H groups in total. The molecule has 0 amide bonds. The van der Waals surface area contributed by atoms with Crippen molar-refractivity contribution in [2.45, 2.75) is 6.54 Å². The minimum Gasteiger partial charge on any atom is -0.380 e. The zero-order chi connectivity index (χ0) is 14.5. The lowest BCUT2D eigenvalue weighted by Crippen LogP contribution is -2.04. The van der Waals surface area contributed by atoms with E-state index >= 15 is 0 Å². The highest BCUT2D eigenvalue weighted by Crippen LogP contribution is 2.19. The summed E-state index contributed by atoms with van der Waals surface area (Å²) in [4.78, 5) is 0. The maximum Gasteiger partial charge on any atom is 0.143 e. The monoisotopic (exact) mass is 269 g/mol. The summed E-state index contributed by atoms with van der Waals surface area (Å²) in [5.74, 6) is -1.09. The van der Waals surface area contributed by atoms with E-state index in [1.165, 1.54) is 30.3 Å². The Balaban J connectivity index is 2.27. The number of nitriles is 2. The Bertz CT molecular complexity index is 725. The Morgan fingerprint density at radius 1 is 1.05 bits per heavy atom. The van der Waals surface area contributed by atoms with Gasteiger partial charge in [-0.1, -0.05) is 6.07 Å². The van der Waals surface area contributed by atoms with Gasteiger partial charge in [-0.25, -0.2) is 8.78 Å². The standard InChI is InChI=1S/C15H9F2N3/c16-12-5-4-10(7-18)11(6-12)9-20-15-3-1-2-14(17)13(15)8-19/h1-6,20H,9H2. The predicted molar refractivity (Wildman–Crippen MR) is 69.6 cm³/mol. The Labute approximate surface area is 114 Å². The van der Waals surface area contributed by atoms with Gasteiger partial charge in [-0.15, -0.1) is 0 Å². The third-order valence-electron chi connectivity index (χ3n) is 2.78. The summed E-state index contributed by atoms with van der Waals surface area (Å²) in [6.07, 6.45) is 0. The number of hydrogen-bond acceptors (Lipinski definition) is 3. The second kappa shape index (κ2) is 5.81. The first-order valence-corrected chi connectivity index (χ1v) is 5.76. The number of nitrogens with one attached hydrogen (secondary N) is 1. The van der Waals surface area contributed by atoms with Crippen LogP contribution in [0.2, 0.25) is 0 Å². The summed E-state index contributed by atoms with van der Waals surface area (Å²) in [5.41, 5.74) is 0.970. The van der Waals surface area contributed by atoms with E-state index in [4.69, 9.17) is 10.5 Å². The first kappa shape index (κ1) is 13.5. The van der Waals surface area contributed by atoms with Gasteiger partial charge in [0.25, 0.3) is 0 Å². The van der Waals surface area contributed by atoms with Gasteiger partial charge < -0.3 is 5.32 Å². The van der Waals surface area contributed by atoms with Crippen LogP contribution in [0.5, 0.6) is 0 Å². The first-order valence-electron chi connectivity index (χ1n) is 5.76. The minimum absolute atomic E-state index is 0.109. The number of hydrogen-bond donors (Lipinski definition) is 1. The highest BCUT2D eigenvalue weighted by molar-refractivity contribution is 5.58. The van der Waals surface area contributed by atoms with Gasteiger partial charge in [-0.2, -0.15) is 10.5 Å². The predicted octanol–water partition coefficient (Wildman–Crippen LogP) is 3.32. The van der Waals surface area contributed by atoms with Gasteiger partial charge in [0.1, 0.15) is 23.3 Å². The lowest BCUT2D eigenvalue weighted by molar-refractivity contribution is 0.623. The second-order valence-electron chi connectivity index (χ2n) is 4.04. The van der Waals surface area contributed by atoms with E-state index in [1.54, 1.807) is 12.1 Å². The molecule has 2 aromatic rings. The molecule has 2 rings (SSSR count). The van der Waals surface area contributed by atoms with E-state index in [2.05, 4.69) is 5.32 Å². The smallest absolute Gasteiger partial charge is 0.143 e. The largest absolute Gasteiger partial charge is 0.380 e. The van der Waals surface area contributed by atoms with Crippen molar-refractivity contribution in [3.8, 4) is 12.1 Å². The normalized spacial score (nSPS) is 9.60. The average Bonchev–Trinajstić information content (AvgIpc) is 2.45.